The fourth-order valence-corrected chi connectivity index (χ4v) is 4.73. The highest BCUT2D eigenvalue weighted by Crippen LogP contribution is 2.32. The molecule has 5 rings (SSSR count). The van der Waals surface area contributed by atoms with Gasteiger partial charge in [-0.05, 0) is 49.1 Å². The Morgan fingerprint density at radius 3 is 2.76 bits per heavy atom. The van der Waals surface area contributed by atoms with Gasteiger partial charge in [0.05, 0.1) is 39.9 Å². The largest absolute Gasteiger partial charge is 0.494 e. The van der Waals surface area contributed by atoms with E-state index in [9.17, 15) is 19.3 Å². The molecule has 11 nitrogen and oxygen atoms in total. The molecule has 1 N–H and O–H groups in total. The summed E-state index contributed by atoms with van der Waals surface area (Å²) in [7, 11) is 1.37. The van der Waals surface area contributed by atoms with Crippen LogP contribution < -0.4 is 10.1 Å². The lowest BCUT2D eigenvalue weighted by molar-refractivity contribution is -0.380. The second kappa shape index (κ2) is 11.8. The summed E-state index contributed by atoms with van der Waals surface area (Å²) >= 11 is 0.754. The van der Waals surface area contributed by atoms with E-state index in [-0.39, 0.29) is 27.3 Å². The first-order chi connectivity index (χ1) is 20.2. The zero-order chi connectivity index (χ0) is 30.0. The predicted molar refractivity (Wildman–Crippen MR) is 160 cm³/mol. The number of aromatic nitrogens is 4. The molecule has 0 spiro atoms. The Kier molecular flexibility index (Phi) is 8.02. The number of anilines is 1. The Labute approximate surface area is 243 Å². The second-order valence-corrected chi connectivity index (χ2v) is 10.6. The van der Waals surface area contributed by atoms with E-state index in [1.54, 1.807) is 0 Å². The highest BCUT2D eigenvalue weighted by atomic mass is 32.1. The summed E-state index contributed by atoms with van der Waals surface area (Å²) in [5.74, 6) is -0.334. The first-order valence-electron chi connectivity index (χ1n) is 13.0. The lowest BCUT2D eigenvalue weighted by atomic mass is 10.1. The molecule has 2 aromatic carbocycles. The van der Waals surface area contributed by atoms with Crippen LogP contribution in [0.3, 0.4) is 0 Å². The van der Waals surface area contributed by atoms with Gasteiger partial charge in [-0.2, -0.15) is 5.10 Å². The van der Waals surface area contributed by atoms with Crippen molar-refractivity contribution in [3.63, 3.8) is 0 Å². The van der Waals surface area contributed by atoms with Crippen molar-refractivity contribution < 1.29 is 18.8 Å². The molecule has 1 unspecified atom stereocenters. The van der Waals surface area contributed by atoms with Crippen LogP contribution in [-0.2, 0) is 0 Å². The topological polar surface area (TPSA) is 137 Å². The van der Waals surface area contributed by atoms with Gasteiger partial charge in [0, 0.05) is 23.9 Å². The first kappa shape index (κ1) is 28.5. The van der Waals surface area contributed by atoms with Gasteiger partial charge in [-0.3, -0.25) is 19.9 Å². The Bertz CT molecular complexity index is 1850. The van der Waals surface area contributed by atoms with Crippen LogP contribution in [-0.4, -0.2) is 43.9 Å². The number of nitro groups is 1. The molecule has 0 saturated carbocycles. The van der Waals surface area contributed by atoms with E-state index in [1.165, 1.54) is 48.3 Å². The van der Waals surface area contributed by atoms with E-state index >= 15 is 0 Å². The molecule has 0 aliphatic carbocycles. The standard InChI is InChI=1S/C29H26FN7O4S/c1-5-16(2)14-31-22-12-18(7-6-17(22)3)26-33-27(35-29(38)24-10-11-25(42-24)37(39)40)20-15-32-36(28(20)34-26)19-8-9-21(30)23(13-19)41-4/h6-16H,5H2,1-4H3,(H,33,34,35,38). The van der Waals surface area contributed by atoms with Gasteiger partial charge in [0.2, 0.25) is 0 Å². The lowest BCUT2D eigenvalue weighted by Gasteiger charge is -2.11. The second-order valence-electron chi connectivity index (χ2n) is 9.52. The summed E-state index contributed by atoms with van der Waals surface area (Å²) in [6.07, 6.45) is 4.34. The summed E-state index contributed by atoms with van der Waals surface area (Å²) in [6.45, 7) is 6.13. The number of nitrogens with one attached hydrogen (secondary N) is 1. The van der Waals surface area contributed by atoms with Gasteiger partial charge in [-0.25, -0.2) is 19.0 Å². The molecule has 0 radical (unpaired) electrons. The molecule has 0 aliphatic heterocycles. The van der Waals surface area contributed by atoms with Gasteiger partial charge in [-0.1, -0.05) is 37.3 Å². The van der Waals surface area contributed by atoms with Crippen molar-refractivity contribution in [3.8, 4) is 22.8 Å². The van der Waals surface area contributed by atoms with E-state index in [2.05, 4.69) is 34.2 Å². The number of thiophene rings is 1. The molecule has 0 aliphatic rings. The Morgan fingerprint density at radius 1 is 1.24 bits per heavy atom. The fraction of sp³-hybridized carbons (Fsp3) is 0.207. The summed E-state index contributed by atoms with van der Waals surface area (Å²) in [6, 6.07) is 12.6. The quantitative estimate of drug-likeness (QED) is 0.112. The zero-order valence-corrected chi connectivity index (χ0v) is 24.0. The number of aryl methyl sites for hydroxylation is 1. The van der Waals surface area contributed by atoms with Crippen molar-refractivity contribution in [2.75, 3.05) is 12.4 Å². The number of benzene rings is 2. The normalized spacial score (nSPS) is 12.1. The number of amides is 1. The van der Waals surface area contributed by atoms with Crippen LogP contribution in [0.2, 0.25) is 0 Å². The monoisotopic (exact) mass is 587 g/mol. The van der Waals surface area contributed by atoms with Gasteiger partial charge in [-0.15, -0.1) is 0 Å². The van der Waals surface area contributed by atoms with E-state index in [1.807, 2.05) is 31.3 Å². The van der Waals surface area contributed by atoms with Crippen molar-refractivity contribution in [2.24, 2.45) is 10.9 Å². The Morgan fingerprint density at radius 2 is 2.05 bits per heavy atom. The van der Waals surface area contributed by atoms with Crippen molar-refractivity contribution >= 4 is 51.0 Å². The molecule has 0 fully saturated rings. The number of nitrogens with zero attached hydrogens (tertiary/aromatic N) is 6. The minimum atomic E-state index is -0.571. The van der Waals surface area contributed by atoms with Crippen molar-refractivity contribution in [2.45, 2.75) is 27.2 Å². The van der Waals surface area contributed by atoms with Crippen LogP contribution in [0.4, 0.5) is 20.9 Å². The maximum absolute atomic E-state index is 14.2. The van der Waals surface area contributed by atoms with Crippen LogP contribution in [0.1, 0.15) is 35.5 Å². The number of rotatable bonds is 9. The predicted octanol–water partition coefficient (Wildman–Crippen LogP) is 6.91. The van der Waals surface area contributed by atoms with Gasteiger partial charge in [0.1, 0.15) is 5.82 Å². The van der Waals surface area contributed by atoms with Gasteiger partial charge in [0.15, 0.2) is 23.0 Å². The maximum Gasteiger partial charge on any atom is 0.324 e. The van der Waals surface area contributed by atoms with Crippen LogP contribution in [0.15, 0.2) is 59.7 Å². The fourth-order valence-electron chi connectivity index (χ4n) is 4.02. The van der Waals surface area contributed by atoms with Crippen LogP contribution in [0.25, 0.3) is 28.1 Å². The molecule has 13 heteroatoms. The van der Waals surface area contributed by atoms with Gasteiger partial charge in [0.25, 0.3) is 5.91 Å². The minimum absolute atomic E-state index is 0.0283. The number of aliphatic imine (C=N–C) groups is 1. The summed E-state index contributed by atoms with van der Waals surface area (Å²) in [5.41, 5.74) is 3.18. The number of halogens is 1. The highest BCUT2D eigenvalue weighted by Gasteiger charge is 2.21. The third-order valence-corrected chi connectivity index (χ3v) is 7.65. The highest BCUT2D eigenvalue weighted by molar-refractivity contribution is 7.17. The third kappa shape index (κ3) is 5.72. The molecule has 1 atom stereocenters. The van der Waals surface area contributed by atoms with Gasteiger partial charge < -0.3 is 10.1 Å². The van der Waals surface area contributed by atoms with Crippen molar-refractivity contribution in [3.05, 3.63) is 81.1 Å². The van der Waals surface area contributed by atoms with Crippen LogP contribution in [0.5, 0.6) is 5.75 Å². The van der Waals surface area contributed by atoms with E-state index in [0.29, 0.717) is 28.2 Å². The average Bonchev–Trinajstić information content (AvgIpc) is 3.65. The summed E-state index contributed by atoms with van der Waals surface area (Å²) < 4.78 is 20.8. The van der Waals surface area contributed by atoms with E-state index in [4.69, 9.17) is 9.72 Å². The molecule has 3 aromatic heterocycles. The molecule has 1 amide bonds. The van der Waals surface area contributed by atoms with E-state index < -0.39 is 16.6 Å². The van der Waals surface area contributed by atoms with Crippen molar-refractivity contribution in [1.29, 1.82) is 0 Å². The maximum atomic E-state index is 14.2. The average molecular weight is 588 g/mol. The molecule has 3 heterocycles. The molecular weight excluding hydrogens is 561 g/mol. The SMILES string of the molecule is CCC(C)C=Nc1cc(-c2nc(NC(=O)c3ccc([N+](=O)[O-])s3)c3cnn(-c4ccc(F)c(OC)c4)c3n2)ccc1C. The van der Waals surface area contributed by atoms with Crippen molar-refractivity contribution in [1.82, 2.24) is 19.7 Å². The number of hydrogen-bond acceptors (Lipinski definition) is 9. The number of methoxy groups -OCH3 is 1. The minimum Gasteiger partial charge on any atom is -0.494 e. The molecular formula is C29H26FN7O4S. The van der Waals surface area contributed by atoms with Gasteiger partial charge >= 0.3 is 5.00 Å². The number of ether oxygens (including phenoxy) is 1. The number of carbonyl (C=O) groups excluding carboxylic acids is 1. The third-order valence-electron chi connectivity index (χ3n) is 6.61. The first-order valence-corrected chi connectivity index (χ1v) is 13.8. The van der Waals surface area contributed by atoms with Crippen LogP contribution >= 0.6 is 11.3 Å². The Hall–Kier alpha value is -5.04. The zero-order valence-electron chi connectivity index (χ0n) is 23.2. The molecule has 0 saturated heterocycles. The Balaban J connectivity index is 1.65. The number of carbonyl (C=O) groups is 1. The molecule has 42 heavy (non-hydrogen) atoms. The lowest BCUT2D eigenvalue weighted by Crippen LogP contribution is -2.12. The summed E-state index contributed by atoms with van der Waals surface area (Å²) in [4.78, 5) is 37.9. The smallest absolute Gasteiger partial charge is 0.324 e. The van der Waals surface area contributed by atoms with E-state index in [0.717, 1.165) is 29.0 Å². The molecule has 214 valence electrons. The summed E-state index contributed by atoms with van der Waals surface area (Å²) in [5, 5.41) is 18.6. The number of fused-ring (bicyclic) bond motifs is 1. The molecule has 0 bridgehead atoms. The molecule has 5 aromatic rings. The number of hydrogen-bond donors (Lipinski definition) is 1. The van der Waals surface area contributed by atoms with Crippen LogP contribution in [0, 0.1) is 28.8 Å².